The van der Waals surface area contributed by atoms with Crippen molar-refractivity contribution in [3.8, 4) is 5.75 Å². The minimum Gasteiger partial charge on any atom is -0.491 e. The Hall–Kier alpha value is -1.10. The third-order valence-electron chi connectivity index (χ3n) is 4.15. The molecule has 1 atom stereocenters. The number of benzene rings is 1. The van der Waals surface area contributed by atoms with Gasteiger partial charge in [0, 0.05) is 38.8 Å². The summed E-state index contributed by atoms with van der Waals surface area (Å²) in [6.45, 7) is 12.6. The van der Waals surface area contributed by atoms with Crippen LogP contribution >= 0.6 is 0 Å². The SMILES string of the molecule is CCN1CCN(C(CN)c2ccc(OC(C)C)cc2)CC1. The second-order valence-corrected chi connectivity index (χ2v) is 5.96. The van der Waals surface area contributed by atoms with Crippen LogP contribution in [0, 0.1) is 0 Å². The summed E-state index contributed by atoms with van der Waals surface area (Å²) in [6, 6.07) is 8.74. The largest absolute Gasteiger partial charge is 0.491 e. The van der Waals surface area contributed by atoms with Crippen LogP contribution in [-0.4, -0.2) is 55.2 Å². The molecule has 0 bridgehead atoms. The Labute approximate surface area is 128 Å². The Morgan fingerprint density at radius 1 is 1.10 bits per heavy atom. The molecule has 0 amide bonds. The van der Waals surface area contributed by atoms with E-state index in [2.05, 4.69) is 41.0 Å². The molecule has 1 unspecified atom stereocenters. The smallest absolute Gasteiger partial charge is 0.119 e. The Balaban J connectivity index is 2.00. The van der Waals surface area contributed by atoms with Crippen LogP contribution < -0.4 is 10.5 Å². The molecule has 1 heterocycles. The van der Waals surface area contributed by atoms with Gasteiger partial charge in [0.2, 0.25) is 0 Å². The quantitative estimate of drug-likeness (QED) is 0.871. The number of hydrogen-bond donors (Lipinski definition) is 1. The van der Waals surface area contributed by atoms with E-state index in [1.54, 1.807) is 0 Å². The Morgan fingerprint density at radius 2 is 1.71 bits per heavy atom. The third-order valence-corrected chi connectivity index (χ3v) is 4.15. The van der Waals surface area contributed by atoms with Crippen molar-refractivity contribution in [2.45, 2.75) is 32.9 Å². The number of nitrogens with two attached hydrogens (primary N) is 1. The first-order valence-corrected chi connectivity index (χ1v) is 8.07. The molecular formula is C17H29N3O. The Morgan fingerprint density at radius 3 is 2.19 bits per heavy atom. The van der Waals surface area contributed by atoms with Gasteiger partial charge < -0.3 is 15.4 Å². The molecule has 2 N–H and O–H groups in total. The number of rotatable bonds is 6. The summed E-state index contributed by atoms with van der Waals surface area (Å²) >= 11 is 0. The highest BCUT2D eigenvalue weighted by molar-refractivity contribution is 5.29. The lowest BCUT2D eigenvalue weighted by atomic mass is 10.0. The van der Waals surface area contributed by atoms with Gasteiger partial charge in [-0.1, -0.05) is 19.1 Å². The summed E-state index contributed by atoms with van der Waals surface area (Å²) in [5.74, 6) is 0.931. The number of ether oxygens (including phenoxy) is 1. The van der Waals surface area contributed by atoms with Crippen molar-refractivity contribution in [3.63, 3.8) is 0 Å². The molecule has 0 aromatic heterocycles. The number of nitrogens with zero attached hydrogens (tertiary/aromatic N) is 2. The first-order chi connectivity index (χ1) is 10.1. The van der Waals surface area contributed by atoms with Crippen LogP contribution in [-0.2, 0) is 0 Å². The van der Waals surface area contributed by atoms with Crippen molar-refractivity contribution in [2.24, 2.45) is 5.73 Å². The average molecular weight is 291 g/mol. The molecule has 1 aliphatic heterocycles. The zero-order chi connectivity index (χ0) is 15.2. The minimum absolute atomic E-state index is 0.211. The molecule has 21 heavy (non-hydrogen) atoms. The van der Waals surface area contributed by atoms with Crippen molar-refractivity contribution in [1.29, 1.82) is 0 Å². The molecular weight excluding hydrogens is 262 g/mol. The molecule has 118 valence electrons. The van der Waals surface area contributed by atoms with Gasteiger partial charge in [-0.3, -0.25) is 4.90 Å². The van der Waals surface area contributed by atoms with E-state index in [9.17, 15) is 0 Å². The highest BCUT2D eigenvalue weighted by atomic mass is 16.5. The normalized spacial score (nSPS) is 18.9. The molecule has 1 aliphatic rings. The lowest BCUT2D eigenvalue weighted by molar-refractivity contribution is 0.102. The molecule has 1 fully saturated rings. The van der Waals surface area contributed by atoms with Gasteiger partial charge in [-0.05, 0) is 38.1 Å². The number of hydrogen-bond acceptors (Lipinski definition) is 4. The van der Waals surface area contributed by atoms with Crippen LogP contribution in [0.4, 0.5) is 0 Å². The minimum atomic E-state index is 0.211. The second-order valence-electron chi connectivity index (χ2n) is 5.96. The zero-order valence-electron chi connectivity index (χ0n) is 13.6. The highest BCUT2D eigenvalue weighted by Gasteiger charge is 2.23. The molecule has 2 rings (SSSR count). The van der Waals surface area contributed by atoms with Crippen molar-refractivity contribution < 1.29 is 4.74 Å². The van der Waals surface area contributed by atoms with Crippen LogP contribution in [0.3, 0.4) is 0 Å². The van der Waals surface area contributed by atoms with E-state index in [4.69, 9.17) is 10.5 Å². The van der Waals surface area contributed by atoms with E-state index in [-0.39, 0.29) is 6.10 Å². The summed E-state index contributed by atoms with van der Waals surface area (Å²) in [6.07, 6.45) is 0.211. The molecule has 1 aromatic rings. The van der Waals surface area contributed by atoms with Crippen LogP contribution in [0.15, 0.2) is 24.3 Å². The predicted octanol–water partition coefficient (Wildman–Crippen LogP) is 2.11. The predicted molar refractivity (Wildman–Crippen MR) is 87.7 cm³/mol. The lowest BCUT2D eigenvalue weighted by Crippen LogP contribution is -2.48. The van der Waals surface area contributed by atoms with Crippen molar-refractivity contribution >= 4 is 0 Å². The van der Waals surface area contributed by atoms with Crippen molar-refractivity contribution in [2.75, 3.05) is 39.3 Å². The van der Waals surface area contributed by atoms with Gasteiger partial charge in [0.15, 0.2) is 0 Å². The van der Waals surface area contributed by atoms with Crippen LogP contribution in [0.1, 0.15) is 32.4 Å². The molecule has 4 nitrogen and oxygen atoms in total. The van der Waals surface area contributed by atoms with Crippen molar-refractivity contribution in [1.82, 2.24) is 9.80 Å². The maximum atomic E-state index is 6.04. The van der Waals surface area contributed by atoms with Gasteiger partial charge in [0.1, 0.15) is 5.75 Å². The van der Waals surface area contributed by atoms with E-state index < -0.39 is 0 Å². The van der Waals surface area contributed by atoms with Crippen LogP contribution in [0.5, 0.6) is 5.75 Å². The molecule has 1 aromatic carbocycles. The summed E-state index contributed by atoms with van der Waals surface area (Å²) in [5, 5.41) is 0. The zero-order valence-corrected chi connectivity index (χ0v) is 13.6. The molecule has 0 saturated carbocycles. The fourth-order valence-electron chi connectivity index (χ4n) is 2.93. The summed E-state index contributed by atoms with van der Waals surface area (Å²) in [7, 11) is 0. The number of likely N-dealkylation sites (N-methyl/N-ethyl adjacent to an activating group) is 1. The maximum absolute atomic E-state index is 6.04. The van der Waals surface area contributed by atoms with Gasteiger partial charge in [0.05, 0.1) is 6.10 Å². The summed E-state index contributed by atoms with van der Waals surface area (Å²) in [5.41, 5.74) is 7.33. The van der Waals surface area contributed by atoms with Crippen LogP contribution in [0.25, 0.3) is 0 Å². The fraction of sp³-hybridized carbons (Fsp3) is 0.647. The first-order valence-electron chi connectivity index (χ1n) is 8.07. The van der Waals surface area contributed by atoms with E-state index in [0.717, 1.165) is 38.5 Å². The summed E-state index contributed by atoms with van der Waals surface area (Å²) in [4.78, 5) is 4.99. The topological polar surface area (TPSA) is 41.7 Å². The standard InChI is InChI=1S/C17H29N3O/c1-4-19-9-11-20(12-10-19)17(13-18)15-5-7-16(8-6-15)21-14(2)3/h5-8,14,17H,4,9-13,18H2,1-3H3. The van der Waals surface area contributed by atoms with Gasteiger partial charge in [-0.2, -0.15) is 0 Å². The molecule has 0 spiro atoms. The third kappa shape index (κ3) is 4.43. The average Bonchev–Trinajstić information content (AvgIpc) is 2.50. The maximum Gasteiger partial charge on any atom is 0.119 e. The van der Waals surface area contributed by atoms with Crippen LogP contribution in [0.2, 0.25) is 0 Å². The monoisotopic (exact) mass is 291 g/mol. The van der Waals surface area contributed by atoms with E-state index in [1.165, 1.54) is 5.56 Å². The first kappa shape index (κ1) is 16.3. The van der Waals surface area contributed by atoms with E-state index in [1.807, 2.05) is 13.8 Å². The Bertz CT molecular complexity index is 411. The van der Waals surface area contributed by atoms with Crippen molar-refractivity contribution in [3.05, 3.63) is 29.8 Å². The van der Waals surface area contributed by atoms with E-state index >= 15 is 0 Å². The highest BCUT2D eigenvalue weighted by Crippen LogP contribution is 2.24. The number of piperazine rings is 1. The molecule has 4 heteroatoms. The summed E-state index contributed by atoms with van der Waals surface area (Å²) < 4.78 is 5.71. The fourth-order valence-corrected chi connectivity index (χ4v) is 2.93. The van der Waals surface area contributed by atoms with Gasteiger partial charge in [-0.25, -0.2) is 0 Å². The molecule has 1 saturated heterocycles. The second kappa shape index (κ2) is 7.78. The van der Waals surface area contributed by atoms with Gasteiger partial charge in [-0.15, -0.1) is 0 Å². The van der Waals surface area contributed by atoms with E-state index in [0.29, 0.717) is 12.6 Å². The van der Waals surface area contributed by atoms with Gasteiger partial charge in [0.25, 0.3) is 0 Å². The molecule has 0 aliphatic carbocycles. The Kier molecular flexibility index (Phi) is 6.03. The molecule has 0 radical (unpaired) electrons. The lowest BCUT2D eigenvalue weighted by Gasteiger charge is -2.38. The van der Waals surface area contributed by atoms with Gasteiger partial charge >= 0.3 is 0 Å².